The summed E-state index contributed by atoms with van der Waals surface area (Å²) < 4.78 is 7.08. The van der Waals surface area contributed by atoms with Crippen molar-refractivity contribution in [3.05, 3.63) is 102 Å². The molecule has 0 unspecified atom stereocenters. The third-order valence-electron chi connectivity index (χ3n) is 6.22. The maximum Gasteiger partial charge on any atom is 0.420 e. The number of fused-ring (bicyclic) bond motifs is 1. The van der Waals surface area contributed by atoms with Gasteiger partial charge in [0.1, 0.15) is 5.60 Å². The largest absolute Gasteiger partial charge is 0.420 e. The molecule has 0 radical (unpaired) electrons. The molecule has 0 aliphatic carbocycles. The van der Waals surface area contributed by atoms with Crippen molar-refractivity contribution >= 4 is 12.5 Å². The summed E-state index contributed by atoms with van der Waals surface area (Å²) in [5.74, 6) is 0. The zero-order valence-corrected chi connectivity index (χ0v) is 15.7. The van der Waals surface area contributed by atoms with Gasteiger partial charge in [0.15, 0.2) is 0 Å². The minimum atomic E-state index is -0.425. The van der Waals surface area contributed by atoms with Crippen LogP contribution in [0.4, 0.5) is 0 Å². The Balaban J connectivity index is 1.71. The number of aryl methyl sites for hydroxylation is 1. The number of nitrogens with zero attached hydrogens (tertiary/aromatic N) is 1. The van der Waals surface area contributed by atoms with Crippen LogP contribution in [0.15, 0.2) is 84.9 Å². The van der Waals surface area contributed by atoms with Gasteiger partial charge in [-0.15, -0.1) is 0 Å². The molecule has 2 heterocycles. The lowest BCUT2D eigenvalue weighted by Gasteiger charge is -2.36. The quantitative estimate of drug-likeness (QED) is 0.657. The average molecular weight is 353 g/mol. The van der Waals surface area contributed by atoms with Crippen molar-refractivity contribution in [3.8, 4) is 0 Å². The summed E-state index contributed by atoms with van der Waals surface area (Å²) in [5, 5.41) is 0. The second-order valence-corrected chi connectivity index (χ2v) is 7.69. The third-order valence-corrected chi connectivity index (χ3v) is 6.22. The summed E-state index contributed by atoms with van der Waals surface area (Å²) in [6.07, 6.45) is 2.38. The van der Waals surface area contributed by atoms with Crippen LogP contribution in [0.25, 0.3) is 0 Å². The molecule has 134 valence electrons. The number of benzene rings is 3. The maximum atomic E-state index is 7.08. The SMILES string of the molecule is Cc1ccccc1B1OC(c2ccccc2)(c2ccccc2)[C@H]2CCCN12. The predicted octanol–water partition coefficient (Wildman–Crippen LogP) is 4.13. The van der Waals surface area contributed by atoms with E-state index >= 15 is 0 Å². The van der Waals surface area contributed by atoms with Crippen LogP contribution < -0.4 is 5.46 Å². The van der Waals surface area contributed by atoms with Crippen LogP contribution in [0, 0.1) is 6.92 Å². The molecule has 0 N–H and O–H groups in total. The highest BCUT2D eigenvalue weighted by Crippen LogP contribution is 2.48. The van der Waals surface area contributed by atoms with E-state index in [9.17, 15) is 0 Å². The van der Waals surface area contributed by atoms with Crippen molar-refractivity contribution in [2.75, 3.05) is 6.54 Å². The Morgan fingerprint density at radius 3 is 2.07 bits per heavy atom. The number of hydrogen-bond donors (Lipinski definition) is 0. The lowest BCUT2D eigenvalue weighted by Crippen LogP contribution is -2.46. The average Bonchev–Trinajstić information content (AvgIpc) is 3.32. The van der Waals surface area contributed by atoms with E-state index in [0.29, 0.717) is 6.04 Å². The molecule has 0 amide bonds. The molecule has 0 aromatic heterocycles. The van der Waals surface area contributed by atoms with E-state index in [-0.39, 0.29) is 7.05 Å². The van der Waals surface area contributed by atoms with Gasteiger partial charge in [0.05, 0.1) is 0 Å². The number of rotatable bonds is 3. The highest BCUT2D eigenvalue weighted by molar-refractivity contribution is 6.66. The zero-order chi connectivity index (χ0) is 18.3. The summed E-state index contributed by atoms with van der Waals surface area (Å²) in [6, 6.07) is 30.6. The summed E-state index contributed by atoms with van der Waals surface area (Å²) >= 11 is 0. The molecule has 2 fully saturated rings. The minimum Gasteiger partial charge on any atom is -0.402 e. The Labute approximate surface area is 161 Å². The molecule has 2 aliphatic heterocycles. The molecule has 5 rings (SSSR count). The lowest BCUT2D eigenvalue weighted by atomic mass is 9.70. The predicted molar refractivity (Wildman–Crippen MR) is 111 cm³/mol. The topological polar surface area (TPSA) is 12.5 Å². The van der Waals surface area contributed by atoms with E-state index in [1.165, 1.54) is 28.6 Å². The summed E-state index contributed by atoms with van der Waals surface area (Å²) in [4.78, 5) is 2.59. The first-order valence-electron chi connectivity index (χ1n) is 9.91. The van der Waals surface area contributed by atoms with Crippen molar-refractivity contribution < 1.29 is 4.65 Å². The Bertz CT molecular complexity index is 888. The molecular weight excluding hydrogens is 329 g/mol. The third kappa shape index (κ3) is 2.57. The Morgan fingerprint density at radius 1 is 0.852 bits per heavy atom. The van der Waals surface area contributed by atoms with Gasteiger partial charge >= 0.3 is 7.05 Å². The van der Waals surface area contributed by atoms with Gasteiger partial charge in [0.2, 0.25) is 0 Å². The molecule has 3 heteroatoms. The van der Waals surface area contributed by atoms with Gasteiger partial charge in [-0.25, -0.2) is 0 Å². The van der Waals surface area contributed by atoms with Crippen molar-refractivity contribution in [1.29, 1.82) is 0 Å². The molecule has 2 nitrogen and oxygen atoms in total. The Kier molecular flexibility index (Phi) is 4.15. The first-order valence-corrected chi connectivity index (χ1v) is 9.91. The van der Waals surface area contributed by atoms with E-state index in [2.05, 4.69) is 96.7 Å². The molecule has 3 aromatic carbocycles. The van der Waals surface area contributed by atoms with Gasteiger partial charge in [0, 0.05) is 6.04 Å². The second-order valence-electron chi connectivity index (χ2n) is 7.69. The van der Waals surface area contributed by atoms with Gasteiger partial charge < -0.3 is 9.47 Å². The summed E-state index contributed by atoms with van der Waals surface area (Å²) in [7, 11) is -0.000822. The van der Waals surface area contributed by atoms with Crippen LogP contribution >= 0.6 is 0 Å². The van der Waals surface area contributed by atoms with E-state index in [1.54, 1.807) is 0 Å². The summed E-state index contributed by atoms with van der Waals surface area (Å²) in [5.41, 5.74) is 4.67. The minimum absolute atomic E-state index is 0.000822. The Hall–Kier alpha value is -2.36. The van der Waals surface area contributed by atoms with Gasteiger partial charge in [-0.1, -0.05) is 90.5 Å². The fraction of sp³-hybridized carbons (Fsp3) is 0.250. The molecule has 2 saturated heterocycles. The fourth-order valence-corrected chi connectivity index (χ4v) is 4.99. The molecule has 0 bridgehead atoms. The smallest absolute Gasteiger partial charge is 0.402 e. The van der Waals surface area contributed by atoms with Crippen LogP contribution in [0.5, 0.6) is 0 Å². The highest BCUT2D eigenvalue weighted by Gasteiger charge is 2.59. The first kappa shape index (κ1) is 16.8. The van der Waals surface area contributed by atoms with E-state index in [4.69, 9.17) is 4.65 Å². The molecule has 3 aromatic rings. The molecule has 0 spiro atoms. The fourth-order valence-electron chi connectivity index (χ4n) is 4.99. The van der Waals surface area contributed by atoms with Crippen molar-refractivity contribution in [1.82, 2.24) is 4.81 Å². The molecule has 1 atom stereocenters. The Morgan fingerprint density at radius 2 is 1.44 bits per heavy atom. The van der Waals surface area contributed by atoms with Crippen molar-refractivity contribution in [2.24, 2.45) is 0 Å². The van der Waals surface area contributed by atoms with E-state index in [1.807, 2.05) is 0 Å². The number of hydrogen-bond acceptors (Lipinski definition) is 2. The summed E-state index contributed by atoms with van der Waals surface area (Å²) in [6.45, 7) is 3.28. The van der Waals surface area contributed by atoms with Gasteiger partial charge in [0.25, 0.3) is 0 Å². The van der Waals surface area contributed by atoms with Crippen LogP contribution in [-0.4, -0.2) is 24.4 Å². The molecule has 0 saturated carbocycles. The standard InChI is InChI=1S/C24H24BNO/c1-19-11-8-9-16-22(19)25-26-18-10-17-23(26)24(27-25,20-12-4-2-5-13-20)21-14-6-3-7-15-21/h2-9,11-16,23H,10,17-18H2,1H3/t23-/m1/s1. The van der Waals surface area contributed by atoms with Crippen LogP contribution in [0.2, 0.25) is 0 Å². The lowest BCUT2D eigenvalue weighted by molar-refractivity contribution is 0.106. The first-order chi connectivity index (χ1) is 13.3. The molecule has 27 heavy (non-hydrogen) atoms. The molecular formula is C24H24BNO. The maximum absolute atomic E-state index is 7.08. The highest BCUT2D eigenvalue weighted by atomic mass is 16.5. The van der Waals surface area contributed by atoms with E-state index in [0.717, 1.165) is 13.0 Å². The molecule has 2 aliphatic rings. The van der Waals surface area contributed by atoms with Gasteiger partial charge in [-0.3, -0.25) is 0 Å². The van der Waals surface area contributed by atoms with Crippen molar-refractivity contribution in [2.45, 2.75) is 31.4 Å². The zero-order valence-electron chi connectivity index (χ0n) is 15.7. The normalized spacial score (nSPS) is 21.4. The van der Waals surface area contributed by atoms with Gasteiger partial charge in [-0.2, -0.15) is 0 Å². The van der Waals surface area contributed by atoms with Crippen molar-refractivity contribution in [3.63, 3.8) is 0 Å². The van der Waals surface area contributed by atoms with Crippen LogP contribution in [0.3, 0.4) is 0 Å². The second kappa shape index (κ2) is 6.67. The van der Waals surface area contributed by atoms with E-state index < -0.39 is 5.60 Å². The van der Waals surface area contributed by atoms with Crippen LogP contribution in [0.1, 0.15) is 29.5 Å². The monoisotopic (exact) mass is 353 g/mol. The van der Waals surface area contributed by atoms with Gasteiger partial charge in [-0.05, 0) is 42.9 Å². The van der Waals surface area contributed by atoms with Crippen LogP contribution in [-0.2, 0) is 10.3 Å².